The van der Waals surface area contributed by atoms with Crippen molar-refractivity contribution in [3.63, 3.8) is 0 Å². The fourth-order valence-corrected chi connectivity index (χ4v) is 2.91. The van der Waals surface area contributed by atoms with E-state index in [4.69, 9.17) is 0 Å². The summed E-state index contributed by atoms with van der Waals surface area (Å²) in [5.41, 5.74) is -0.742. The van der Waals surface area contributed by atoms with E-state index in [2.05, 4.69) is 15.2 Å². The van der Waals surface area contributed by atoms with Gasteiger partial charge in [0.1, 0.15) is 5.82 Å². The molecule has 8 heteroatoms. The molecule has 0 unspecified atom stereocenters. The molecular formula is C18H27F3N4O. The van der Waals surface area contributed by atoms with Crippen molar-refractivity contribution in [1.29, 1.82) is 0 Å². The van der Waals surface area contributed by atoms with Crippen molar-refractivity contribution in [1.82, 2.24) is 15.2 Å². The van der Waals surface area contributed by atoms with Gasteiger partial charge < -0.3 is 10.2 Å². The predicted octanol–water partition coefficient (Wildman–Crippen LogP) is 2.77. The largest absolute Gasteiger partial charge is 0.417 e. The first kappa shape index (κ1) is 20.5. The first-order valence-corrected chi connectivity index (χ1v) is 8.98. The third kappa shape index (κ3) is 5.59. The van der Waals surface area contributed by atoms with Gasteiger partial charge in [0.15, 0.2) is 0 Å². The monoisotopic (exact) mass is 372 g/mol. The van der Waals surface area contributed by atoms with Crippen LogP contribution in [0.4, 0.5) is 19.0 Å². The number of alkyl halides is 3. The van der Waals surface area contributed by atoms with Crippen molar-refractivity contribution >= 4 is 11.7 Å². The first-order valence-electron chi connectivity index (χ1n) is 8.98. The van der Waals surface area contributed by atoms with E-state index >= 15 is 0 Å². The summed E-state index contributed by atoms with van der Waals surface area (Å²) in [6.07, 6.45) is -2.68. The van der Waals surface area contributed by atoms with Gasteiger partial charge >= 0.3 is 6.18 Å². The number of pyridine rings is 1. The second kappa shape index (κ2) is 8.70. The molecular weight excluding hydrogens is 345 g/mol. The molecule has 1 aliphatic rings. The Kier molecular flexibility index (Phi) is 6.86. The van der Waals surface area contributed by atoms with Crippen LogP contribution in [0.15, 0.2) is 18.3 Å². The lowest BCUT2D eigenvalue weighted by atomic mass is 10.2. The Morgan fingerprint density at radius 1 is 1.19 bits per heavy atom. The fourth-order valence-electron chi connectivity index (χ4n) is 2.91. The topological polar surface area (TPSA) is 48.5 Å². The van der Waals surface area contributed by atoms with Gasteiger partial charge in [-0.25, -0.2) is 4.98 Å². The zero-order valence-corrected chi connectivity index (χ0v) is 15.5. The molecule has 0 aliphatic carbocycles. The second-order valence-corrected chi connectivity index (χ2v) is 7.09. The molecule has 1 aromatic rings. The molecule has 0 radical (unpaired) electrons. The molecule has 26 heavy (non-hydrogen) atoms. The zero-order valence-electron chi connectivity index (χ0n) is 15.5. The maximum Gasteiger partial charge on any atom is 0.417 e. The minimum atomic E-state index is -4.38. The summed E-state index contributed by atoms with van der Waals surface area (Å²) >= 11 is 0. The van der Waals surface area contributed by atoms with Gasteiger partial charge in [-0.1, -0.05) is 13.8 Å². The van der Waals surface area contributed by atoms with Gasteiger partial charge in [0.25, 0.3) is 0 Å². The molecule has 1 aromatic heterocycles. The van der Waals surface area contributed by atoms with E-state index in [0.717, 1.165) is 25.2 Å². The van der Waals surface area contributed by atoms with Gasteiger partial charge in [-0.05, 0) is 31.4 Å². The van der Waals surface area contributed by atoms with Gasteiger partial charge in [0, 0.05) is 38.9 Å². The number of nitrogens with one attached hydrogen (secondary N) is 1. The number of rotatable bonds is 5. The van der Waals surface area contributed by atoms with Crippen LogP contribution in [0.3, 0.4) is 0 Å². The van der Waals surface area contributed by atoms with Gasteiger partial charge in [-0.15, -0.1) is 0 Å². The minimum Gasteiger partial charge on any atom is -0.355 e. The summed E-state index contributed by atoms with van der Waals surface area (Å²) in [5.74, 6) is 0.952. The van der Waals surface area contributed by atoms with Crippen LogP contribution in [0.2, 0.25) is 0 Å². The van der Waals surface area contributed by atoms with Gasteiger partial charge in [-0.3, -0.25) is 9.69 Å². The smallest absolute Gasteiger partial charge is 0.355 e. The van der Waals surface area contributed by atoms with E-state index in [-0.39, 0.29) is 11.9 Å². The summed E-state index contributed by atoms with van der Waals surface area (Å²) in [6, 6.07) is 2.25. The van der Waals surface area contributed by atoms with Crippen LogP contribution in [0.1, 0.15) is 32.8 Å². The highest BCUT2D eigenvalue weighted by Crippen LogP contribution is 2.29. The van der Waals surface area contributed by atoms with Crippen LogP contribution < -0.4 is 10.2 Å². The molecule has 0 aromatic carbocycles. The molecule has 0 saturated carbocycles. The van der Waals surface area contributed by atoms with E-state index in [1.54, 1.807) is 0 Å². The number of carbonyl (C=O) groups excluding carboxylic acids is 1. The third-order valence-corrected chi connectivity index (χ3v) is 4.54. The number of halogens is 3. The summed E-state index contributed by atoms with van der Waals surface area (Å²) in [6.45, 7) is 9.40. The molecule has 5 nitrogen and oxygen atoms in total. The number of hydrogen-bond donors (Lipinski definition) is 1. The number of carbonyl (C=O) groups is 1. The highest BCUT2D eigenvalue weighted by atomic mass is 19.4. The van der Waals surface area contributed by atoms with Crippen LogP contribution in [0.25, 0.3) is 0 Å². The molecule has 1 atom stereocenters. The van der Waals surface area contributed by atoms with Gasteiger partial charge in [0.05, 0.1) is 11.6 Å². The average Bonchev–Trinajstić information content (AvgIpc) is 2.84. The van der Waals surface area contributed by atoms with Crippen LogP contribution in [-0.4, -0.2) is 54.6 Å². The molecule has 1 aliphatic heterocycles. The van der Waals surface area contributed by atoms with Crippen LogP contribution in [0, 0.1) is 5.92 Å². The molecule has 0 bridgehead atoms. The first-order chi connectivity index (χ1) is 12.2. The molecule has 1 amide bonds. The van der Waals surface area contributed by atoms with Crippen molar-refractivity contribution < 1.29 is 18.0 Å². The summed E-state index contributed by atoms with van der Waals surface area (Å²) in [5, 5.41) is 2.95. The van der Waals surface area contributed by atoms with Crippen LogP contribution in [0.5, 0.6) is 0 Å². The van der Waals surface area contributed by atoms with Crippen molar-refractivity contribution in [2.45, 2.75) is 39.4 Å². The Morgan fingerprint density at radius 2 is 1.92 bits per heavy atom. The van der Waals surface area contributed by atoms with Crippen LogP contribution >= 0.6 is 0 Å². The fraction of sp³-hybridized carbons (Fsp3) is 0.667. The standard InChI is InChI=1S/C18H27F3N4O/c1-13(2)11-23-17(26)14(3)24-7-4-8-25(10-9-24)16-6-5-15(12-22-16)18(19,20)21/h5-6,12-14H,4,7-11H2,1-3H3,(H,23,26)/t14-/m0/s1. The molecule has 0 spiro atoms. The molecule has 2 heterocycles. The van der Waals surface area contributed by atoms with E-state index in [1.807, 2.05) is 25.7 Å². The second-order valence-electron chi connectivity index (χ2n) is 7.09. The lowest BCUT2D eigenvalue weighted by Crippen LogP contribution is -2.47. The van der Waals surface area contributed by atoms with E-state index in [0.29, 0.717) is 37.9 Å². The zero-order chi connectivity index (χ0) is 19.3. The number of hydrogen-bond acceptors (Lipinski definition) is 4. The minimum absolute atomic E-state index is 0.0137. The summed E-state index contributed by atoms with van der Waals surface area (Å²) in [4.78, 5) is 20.3. The Balaban J connectivity index is 1.94. The highest BCUT2D eigenvalue weighted by Gasteiger charge is 2.31. The molecule has 146 valence electrons. The van der Waals surface area contributed by atoms with Crippen LogP contribution in [-0.2, 0) is 11.0 Å². The predicted molar refractivity (Wildman–Crippen MR) is 95.0 cm³/mol. The van der Waals surface area contributed by atoms with Crippen molar-refractivity contribution in [2.24, 2.45) is 5.92 Å². The van der Waals surface area contributed by atoms with Crippen molar-refractivity contribution in [3.05, 3.63) is 23.9 Å². The quantitative estimate of drug-likeness (QED) is 0.864. The Hall–Kier alpha value is -1.83. The van der Waals surface area contributed by atoms with E-state index < -0.39 is 11.7 Å². The molecule has 2 rings (SSSR count). The average molecular weight is 372 g/mol. The van der Waals surface area contributed by atoms with Gasteiger partial charge in [0.2, 0.25) is 5.91 Å². The van der Waals surface area contributed by atoms with E-state index in [9.17, 15) is 18.0 Å². The number of aromatic nitrogens is 1. The Bertz CT molecular complexity index is 589. The number of nitrogens with zero attached hydrogens (tertiary/aromatic N) is 3. The number of amides is 1. The van der Waals surface area contributed by atoms with Gasteiger partial charge in [-0.2, -0.15) is 13.2 Å². The molecule has 1 saturated heterocycles. The maximum atomic E-state index is 12.7. The highest BCUT2D eigenvalue weighted by molar-refractivity contribution is 5.81. The summed E-state index contributed by atoms with van der Waals surface area (Å²) in [7, 11) is 0. The SMILES string of the molecule is CC(C)CNC(=O)[C@H](C)N1CCCN(c2ccc(C(F)(F)F)cn2)CC1. The van der Waals surface area contributed by atoms with Crippen molar-refractivity contribution in [3.8, 4) is 0 Å². The Labute approximate surface area is 152 Å². The van der Waals surface area contributed by atoms with Crippen molar-refractivity contribution in [2.75, 3.05) is 37.6 Å². The van der Waals surface area contributed by atoms with E-state index in [1.165, 1.54) is 6.07 Å². The number of anilines is 1. The summed E-state index contributed by atoms with van der Waals surface area (Å²) < 4.78 is 38.0. The normalized spacial score (nSPS) is 17.9. The molecule has 1 fully saturated rings. The Morgan fingerprint density at radius 3 is 2.50 bits per heavy atom. The lowest BCUT2D eigenvalue weighted by Gasteiger charge is -2.27. The maximum absolute atomic E-state index is 12.7. The third-order valence-electron chi connectivity index (χ3n) is 4.54. The molecule has 1 N–H and O–H groups in total. The lowest BCUT2D eigenvalue weighted by molar-refractivity contribution is -0.137.